The van der Waals surface area contributed by atoms with E-state index in [0.717, 1.165) is 31.7 Å². The maximum Gasteiger partial charge on any atom is 0.223 e. The average Bonchev–Trinajstić information content (AvgIpc) is 3.42. The standard InChI is InChI=1S/C23H27N3O2/c1-27-23-22-20(16-26(18-6-2-3-7-18)21(22)9-10-24-23)17-5-4-8-19(15-17)25-11-13-28-14-12-25/h4-5,8-10,15-16,18H,2-3,6-7,11-14H2,1H3. The van der Waals surface area contributed by atoms with Crippen molar-refractivity contribution in [2.24, 2.45) is 0 Å². The van der Waals surface area contributed by atoms with Gasteiger partial charge in [-0.3, -0.25) is 0 Å². The van der Waals surface area contributed by atoms with Gasteiger partial charge in [0.1, 0.15) is 0 Å². The summed E-state index contributed by atoms with van der Waals surface area (Å²) in [7, 11) is 1.71. The summed E-state index contributed by atoms with van der Waals surface area (Å²) >= 11 is 0. The van der Waals surface area contributed by atoms with Crippen LogP contribution in [0.1, 0.15) is 31.7 Å². The summed E-state index contributed by atoms with van der Waals surface area (Å²) in [5, 5.41) is 1.12. The van der Waals surface area contributed by atoms with Gasteiger partial charge in [-0.05, 0) is 36.6 Å². The van der Waals surface area contributed by atoms with Gasteiger partial charge in [-0.1, -0.05) is 25.0 Å². The summed E-state index contributed by atoms with van der Waals surface area (Å²) in [6, 6.07) is 11.6. The van der Waals surface area contributed by atoms with E-state index < -0.39 is 0 Å². The van der Waals surface area contributed by atoms with E-state index >= 15 is 0 Å². The van der Waals surface area contributed by atoms with Crippen molar-refractivity contribution in [3.05, 3.63) is 42.7 Å². The highest BCUT2D eigenvalue weighted by Gasteiger charge is 2.23. The van der Waals surface area contributed by atoms with Crippen LogP contribution in [0.3, 0.4) is 0 Å². The highest BCUT2D eigenvalue weighted by molar-refractivity contribution is 6.00. The first-order valence-corrected chi connectivity index (χ1v) is 10.3. The molecule has 1 saturated heterocycles. The van der Waals surface area contributed by atoms with Crippen LogP contribution < -0.4 is 9.64 Å². The Kier molecular flexibility index (Phi) is 4.69. The van der Waals surface area contributed by atoms with Crippen molar-refractivity contribution >= 4 is 16.6 Å². The van der Waals surface area contributed by atoms with Gasteiger partial charge in [0.25, 0.3) is 0 Å². The van der Waals surface area contributed by atoms with Gasteiger partial charge in [-0.25, -0.2) is 4.98 Å². The molecule has 28 heavy (non-hydrogen) atoms. The van der Waals surface area contributed by atoms with E-state index in [1.807, 2.05) is 6.20 Å². The number of hydrogen-bond acceptors (Lipinski definition) is 4. The molecule has 0 N–H and O–H groups in total. The second-order valence-corrected chi connectivity index (χ2v) is 7.75. The first-order chi connectivity index (χ1) is 13.8. The van der Waals surface area contributed by atoms with Crippen molar-refractivity contribution in [1.82, 2.24) is 9.55 Å². The number of fused-ring (bicyclic) bond motifs is 1. The molecule has 0 amide bonds. The predicted octanol–water partition coefficient (Wildman–Crippen LogP) is 4.66. The number of methoxy groups -OCH3 is 1. The summed E-state index contributed by atoms with van der Waals surface area (Å²) in [6.45, 7) is 3.47. The molecule has 0 atom stereocenters. The van der Waals surface area contributed by atoms with E-state index in [4.69, 9.17) is 9.47 Å². The van der Waals surface area contributed by atoms with Gasteiger partial charge in [0.05, 0.1) is 31.2 Å². The smallest absolute Gasteiger partial charge is 0.223 e. The van der Waals surface area contributed by atoms with Crippen LogP contribution >= 0.6 is 0 Å². The molecule has 5 heteroatoms. The van der Waals surface area contributed by atoms with E-state index in [-0.39, 0.29) is 0 Å². The average molecular weight is 377 g/mol. The monoisotopic (exact) mass is 377 g/mol. The molecule has 0 radical (unpaired) electrons. The molecule has 1 saturated carbocycles. The fourth-order valence-corrected chi connectivity index (χ4v) is 4.72. The molecule has 0 unspecified atom stereocenters. The molecular weight excluding hydrogens is 350 g/mol. The normalized spacial score (nSPS) is 18.1. The van der Waals surface area contributed by atoms with Crippen LogP contribution in [-0.4, -0.2) is 43.0 Å². The number of anilines is 1. The van der Waals surface area contributed by atoms with Gasteiger partial charge in [0, 0.05) is 42.8 Å². The molecule has 0 bridgehead atoms. The number of hydrogen-bond donors (Lipinski definition) is 0. The minimum atomic E-state index is 0.575. The lowest BCUT2D eigenvalue weighted by molar-refractivity contribution is 0.122. The molecule has 5 nitrogen and oxygen atoms in total. The number of morpholine rings is 1. The zero-order valence-electron chi connectivity index (χ0n) is 16.4. The third kappa shape index (κ3) is 3.04. The first kappa shape index (κ1) is 17.6. The maximum absolute atomic E-state index is 5.66. The van der Waals surface area contributed by atoms with Crippen molar-refractivity contribution < 1.29 is 9.47 Å². The van der Waals surface area contributed by atoms with Crippen LogP contribution in [0.25, 0.3) is 22.0 Å². The SMILES string of the molecule is COc1nccc2c1c(-c1cccc(N3CCOCC3)c1)cn2C1CCCC1. The number of rotatable bonds is 4. The molecule has 1 aliphatic carbocycles. The molecule has 3 heterocycles. The van der Waals surface area contributed by atoms with Crippen LogP contribution in [0.4, 0.5) is 5.69 Å². The summed E-state index contributed by atoms with van der Waals surface area (Å²) < 4.78 is 13.6. The maximum atomic E-state index is 5.66. The van der Waals surface area contributed by atoms with E-state index in [0.29, 0.717) is 11.9 Å². The fourth-order valence-electron chi connectivity index (χ4n) is 4.72. The van der Waals surface area contributed by atoms with Crippen LogP contribution in [0.5, 0.6) is 5.88 Å². The Labute approximate surface area is 165 Å². The number of nitrogens with zero attached hydrogens (tertiary/aromatic N) is 3. The lowest BCUT2D eigenvalue weighted by Crippen LogP contribution is -2.36. The van der Waals surface area contributed by atoms with E-state index in [1.54, 1.807) is 7.11 Å². The van der Waals surface area contributed by atoms with Gasteiger partial charge in [0.15, 0.2) is 0 Å². The second kappa shape index (κ2) is 7.47. The lowest BCUT2D eigenvalue weighted by atomic mass is 10.0. The molecule has 3 aromatic rings. The number of ether oxygens (including phenoxy) is 2. The quantitative estimate of drug-likeness (QED) is 0.663. The van der Waals surface area contributed by atoms with Crippen molar-refractivity contribution in [1.29, 1.82) is 0 Å². The molecule has 2 aliphatic rings. The van der Waals surface area contributed by atoms with E-state index in [9.17, 15) is 0 Å². The topological polar surface area (TPSA) is 39.5 Å². The van der Waals surface area contributed by atoms with Crippen LogP contribution in [0.15, 0.2) is 42.7 Å². The number of benzene rings is 1. The van der Waals surface area contributed by atoms with Gasteiger partial charge in [0.2, 0.25) is 5.88 Å². The molecule has 5 rings (SSSR count). The van der Waals surface area contributed by atoms with E-state index in [1.165, 1.54) is 48.0 Å². The number of aromatic nitrogens is 2. The Hall–Kier alpha value is -2.53. The Morgan fingerprint density at radius 3 is 2.71 bits per heavy atom. The highest BCUT2D eigenvalue weighted by Crippen LogP contribution is 2.41. The molecular formula is C23H27N3O2. The minimum Gasteiger partial charge on any atom is -0.480 e. The first-order valence-electron chi connectivity index (χ1n) is 10.3. The zero-order chi connectivity index (χ0) is 18.9. The summed E-state index contributed by atoms with van der Waals surface area (Å²) in [5.74, 6) is 0.709. The Bertz CT molecular complexity index is 969. The predicted molar refractivity (Wildman–Crippen MR) is 112 cm³/mol. The molecule has 2 aromatic heterocycles. The third-order valence-corrected chi connectivity index (χ3v) is 6.15. The number of pyridine rings is 1. The van der Waals surface area contributed by atoms with Crippen LogP contribution in [0, 0.1) is 0 Å². The largest absolute Gasteiger partial charge is 0.480 e. The summed E-state index contributed by atoms with van der Waals surface area (Å²) in [5.41, 5.74) is 4.91. The molecule has 0 spiro atoms. The van der Waals surface area contributed by atoms with E-state index in [2.05, 4.69) is 51.0 Å². The molecule has 1 aliphatic heterocycles. The minimum absolute atomic E-state index is 0.575. The van der Waals surface area contributed by atoms with Gasteiger partial charge >= 0.3 is 0 Å². The second-order valence-electron chi connectivity index (χ2n) is 7.75. The zero-order valence-corrected chi connectivity index (χ0v) is 16.4. The fraction of sp³-hybridized carbons (Fsp3) is 0.435. The van der Waals surface area contributed by atoms with Gasteiger partial charge in [-0.2, -0.15) is 0 Å². The van der Waals surface area contributed by atoms with Crippen LogP contribution in [-0.2, 0) is 4.74 Å². The Morgan fingerprint density at radius 2 is 1.93 bits per heavy atom. The van der Waals surface area contributed by atoms with Crippen molar-refractivity contribution in [3.8, 4) is 17.0 Å². The van der Waals surface area contributed by atoms with Gasteiger partial charge in [-0.15, -0.1) is 0 Å². The molecule has 2 fully saturated rings. The molecule has 1 aromatic carbocycles. The lowest BCUT2D eigenvalue weighted by Gasteiger charge is -2.29. The Balaban J connectivity index is 1.64. The van der Waals surface area contributed by atoms with Gasteiger partial charge < -0.3 is 18.9 Å². The highest BCUT2D eigenvalue weighted by atomic mass is 16.5. The summed E-state index contributed by atoms with van der Waals surface area (Å²) in [4.78, 5) is 6.90. The van der Waals surface area contributed by atoms with Crippen molar-refractivity contribution in [2.75, 3.05) is 38.3 Å². The van der Waals surface area contributed by atoms with Crippen LogP contribution in [0.2, 0.25) is 0 Å². The molecule has 146 valence electrons. The summed E-state index contributed by atoms with van der Waals surface area (Å²) in [6.07, 6.45) is 9.32. The van der Waals surface area contributed by atoms with Crippen molar-refractivity contribution in [3.63, 3.8) is 0 Å². The third-order valence-electron chi connectivity index (χ3n) is 6.15. The van der Waals surface area contributed by atoms with Crippen molar-refractivity contribution in [2.45, 2.75) is 31.7 Å². The Morgan fingerprint density at radius 1 is 1.11 bits per heavy atom.